The van der Waals surface area contributed by atoms with Gasteiger partial charge in [-0.1, -0.05) is 41.5 Å². The molecule has 3 N–H and O–H groups in total. The summed E-state index contributed by atoms with van der Waals surface area (Å²) in [7, 11) is 0. The van der Waals surface area contributed by atoms with Crippen molar-refractivity contribution in [3.63, 3.8) is 0 Å². The average molecular weight is 254 g/mol. The molecule has 0 spiro atoms. The van der Waals surface area contributed by atoms with Gasteiger partial charge in [-0.15, -0.1) is 0 Å². The van der Waals surface area contributed by atoms with Gasteiger partial charge in [0.2, 0.25) is 0 Å². The van der Waals surface area contributed by atoms with Gasteiger partial charge in [0.1, 0.15) is 0 Å². The fraction of sp³-hybridized carbons (Fsp3) is 0.750. The second kappa shape index (κ2) is 4.59. The van der Waals surface area contributed by atoms with E-state index in [0.717, 1.165) is 0 Å². The van der Waals surface area contributed by atoms with Crippen LogP contribution < -0.4 is 5.73 Å². The lowest BCUT2D eigenvalue weighted by Crippen LogP contribution is -2.28. The van der Waals surface area contributed by atoms with Crippen molar-refractivity contribution in [2.45, 2.75) is 53.1 Å². The van der Waals surface area contributed by atoms with Crippen molar-refractivity contribution in [1.29, 1.82) is 0 Å². The first-order chi connectivity index (χ1) is 8.01. The number of primary amides is 1. The van der Waals surface area contributed by atoms with E-state index in [1.54, 1.807) is 0 Å². The van der Waals surface area contributed by atoms with Crippen LogP contribution in [0.1, 0.15) is 59.3 Å². The van der Waals surface area contributed by atoms with E-state index in [1.807, 2.05) is 41.5 Å². The van der Waals surface area contributed by atoms with Gasteiger partial charge in [0.15, 0.2) is 17.8 Å². The molecule has 1 rings (SSSR count). The molecule has 0 radical (unpaired) electrons. The molecule has 1 amide bonds. The lowest BCUT2D eigenvalue weighted by atomic mass is 9.88. The first-order valence-electron chi connectivity index (χ1n) is 5.90. The molecule has 0 saturated carbocycles. The zero-order valence-electron chi connectivity index (χ0n) is 11.9. The van der Waals surface area contributed by atoms with Gasteiger partial charge in [0.25, 0.3) is 0 Å². The van der Waals surface area contributed by atoms with E-state index in [-0.39, 0.29) is 10.8 Å². The largest absolute Gasteiger partial charge is 0.438 e. The number of carbonyl (C=O) groups is 1. The fourth-order valence-electron chi connectivity index (χ4n) is 1.49. The molecule has 1 unspecified atom stereocenters. The normalized spacial score (nSPS) is 14.3. The zero-order chi connectivity index (χ0) is 14.1. The van der Waals surface area contributed by atoms with Gasteiger partial charge >= 0.3 is 6.09 Å². The number of nitrogens with two attached hydrogens (primary N) is 1. The number of aromatic nitrogens is 3. The third-order valence-corrected chi connectivity index (χ3v) is 2.44. The predicted molar refractivity (Wildman–Crippen MR) is 67.9 cm³/mol. The average Bonchev–Trinajstić information content (AvgIpc) is 2.59. The van der Waals surface area contributed by atoms with Crippen molar-refractivity contribution < 1.29 is 9.53 Å². The van der Waals surface area contributed by atoms with Crippen LogP contribution in [0.3, 0.4) is 0 Å². The summed E-state index contributed by atoms with van der Waals surface area (Å²) in [6.07, 6.45) is -1.36. The Morgan fingerprint density at radius 2 is 1.83 bits per heavy atom. The lowest BCUT2D eigenvalue weighted by Gasteiger charge is -2.27. The van der Waals surface area contributed by atoms with E-state index in [1.165, 1.54) is 0 Å². The molecule has 0 bridgehead atoms. The van der Waals surface area contributed by atoms with Gasteiger partial charge in [0.05, 0.1) is 0 Å². The summed E-state index contributed by atoms with van der Waals surface area (Å²) in [5.41, 5.74) is 4.62. The molecule has 0 aliphatic heterocycles. The first-order valence-corrected chi connectivity index (χ1v) is 5.90. The molecule has 1 heterocycles. The Morgan fingerprint density at radius 3 is 2.17 bits per heavy atom. The highest BCUT2D eigenvalue weighted by Crippen LogP contribution is 2.34. The number of H-pyrrole nitrogens is 1. The maximum atomic E-state index is 11.0. The number of nitrogens with zero attached hydrogens (tertiary/aromatic N) is 2. The van der Waals surface area contributed by atoms with E-state index >= 15 is 0 Å². The molecule has 1 aromatic rings. The van der Waals surface area contributed by atoms with Crippen molar-refractivity contribution in [2.75, 3.05) is 0 Å². The quantitative estimate of drug-likeness (QED) is 0.846. The van der Waals surface area contributed by atoms with Crippen LogP contribution in [-0.2, 0) is 10.2 Å². The SMILES string of the molecule is CC(C)(C)c1n[nH]c(C(OC(N)=O)C(C)(C)C)n1. The lowest BCUT2D eigenvalue weighted by molar-refractivity contribution is 0.0302. The van der Waals surface area contributed by atoms with E-state index in [4.69, 9.17) is 10.5 Å². The predicted octanol–water partition coefficient (Wildman–Crippen LogP) is 2.28. The maximum Gasteiger partial charge on any atom is 0.405 e. The Labute approximate surface area is 107 Å². The van der Waals surface area contributed by atoms with Crippen molar-refractivity contribution in [3.8, 4) is 0 Å². The molecule has 1 aromatic heterocycles. The Balaban J connectivity index is 3.07. The monoisotopic (exact) mass is 254 g/mol. The summed E-state index contributed by atoms with van der Waals surface area (Å²) >= 11 is 0. The number of rotatable bonds is 2. The number of aromatic amines is 1. The molecule has 18 heavy (non-hydrogen) atoms. The molecule has 0 aliphatic carbocycles. The Bertz CT molecular complexity index is 426. The van der Waals surface area contributed by atoms with Crippen LogP contribution in [0.2, 0.25) is 0 Å². The highest BCUT2D eigenvalue weighted by atomic mass is 16.6. The summed E-state index contributed by atoms with van der Waals surface area (Å²) in [5.74, 6) is 1.20. The Kier molecular flexibility index (Phi) is 3.69. The number of amides is 1. The topological polar surface area (TPSA) is 93.9 Å². The van der Waals surface area contributed by atoms with Gasteiger partial charge in [-0.2, -0.15) is 5.10 Å². The zero-order valence-corrected chi connectivity index (χ0v) is 11.9. The Hall–Kier alpha value is -1.59. The Morgan fingerprint density at radius 1 is 1.28 bits per heavy atom. The fourth-order valence-corrected chi connectivity index (χ4v) is 1.49. The highest BCUT2D eigenvalue weighted by molar-refractivity contribution is 5.65. The van der Waals surface area contributed by atoms with Crippen molar-refractivity contribution in [2.24, 2.45) is 11.1 Å². The minimum absolute atomic E-state index is 0.163. The molecule has 1 atom stereocenters. The van der Waals surface area contributed by atoms with Crippen molar-refractivity contribution in [3.05, 3.63) is 11.6 Å². The second-order valence-electron chi connectivity index (χ2n) is 6.48. The summed E-state index contributed by atoms with van der Waals surface area (Å²) < 4.78 is 5.13. The number of nitrogens with one attached hydrogen (secondary N) is 1. The van der Waals surface area contributed by atoms with Crippen LogP contribution in [0.5, 0.6) is 0 Å². The number of ether oxygens (including phenoxy) is 1. The number of hydrogen-bond donors (Lipinski definition) is 2. The van der Waals surface area contributed by atoms with Crippen LogP contribution in [0.4, 0.5) is 4.79 Å². The van der Waals surface area contributed by atoms with Gasteiger partial charge in [0, 0.05) is 10.8 Å². The van der Waals surface area contributed by atoms with Gasteiger partial charge in [-0.25, -0.2) is 9.78 Å². The summed E-state index contributed by atoms with van der Waals surface area (Å²) in [4.78, 5) is 15.4. The molecule has 0 saturated heterocycles. The molecule has 6 nitrogen and oxygen atoms in total. The minimum Gasteiger partial charge on any atom is -0.438 e. The van der Waals surface area contributed by atoms with Crippen molar-refractivity contribution >= 4 is 6.09 Å². The van der Waals surface area contributed by atoms with E-state index < -0.39 is 12.2 Å². The minimum atomic E-state index is -0.816. The van der Waals surface area contributed by atoms with Crippen LogP contribution in [0, 0.1) is 5.41 Å². The molecular formula is C12H22N4O2. The summed E-state index contributed by atoms with van der Waals surface area (Å²) in [6, 6.07) is 0. The molecule has 0 aliphatic rings. The highest BCUT2D eigenvalue weighted by Gasteiger charge is 2.33. The molecule has 0 aromatic carbocycles. The molecular weight excluding hydrogens is 232 g/mol. The molecule has 6 heteroatoms. The number of carbonyl (C=O) groups excluding carboxylic acids is 1. The van der Waals surface area contributed by atoms with Gasteiger partial charge < -0.3 is 10.5 Å². The van der Waals surface area contributed by atoms with E-state index in [2.05, 4.69) is 15.2 Å². The second-order valence-corrected chi connectivity index (χ2v) is 6.48. The third kappa shape index (κ3) is 3.45. The maximum absolute atomic E-state index is 11.0. The smallest absolute Gasteiger partial charge is 0.405 e. The summed E-state index contributed by atoms with van der Waals surface area (Å²) in [5, 5.41) is 6.99. The number of hydrogen-bond acceptors (Lipinski definition) is 4. The van der Waals surface area contributed by atoms with E-state index in [9.17, 15) is 4.79 Å². The van der Waals surface area contributed by atoms with Gasteiger partial charge in [-0.05, 0) is 0 Å². The van der Waals surface area contributed by atoms with Crippen molar-refractivity contribution in [1.82, 2.24) is 15.2 Å². The van der Waals surface area contributed by atoms with Crippen LogP contribution in [-0.4, -0.2) is 21.3 Å². The van der Waals surface area contributed by atoms with Crippen LogP contribution >= 0.6 is 0 Å². The first kappa shape index (κ1) is 14.5. The summed E-state index contributed by atoms with van der Waals surface area (Å²) in [6.45, 7) is 11.9. The standard InChI is InChI=1S/C12H22N4O2/c1-11(2,3)7(18-10(13)17)8-14-9(16-15-8)12(4,5)6/h7H,1-6H3,(H2,13,17)(H,14,15,16). The molecule has 102 valence electrons. The van der Waals surface area contributed by atoms with Gasteiger partial charge in [-0.3, -0.25) is 5.10 Å². The van der Waals surface area contributed by atoms with E-state index in [0.29, 0.717) is 11.6 Å². The third-order valence-electron chi connectivity index (χ3n) is 2.44. The van der Waals surface area contributed by atoms with Crippen LogP contribution in [0.15, 0.2) is 0 Å². The molecule has 0 fully saturated rings. The van der Waals surface area contributed by atoms with Crippen LogP contribution in [0.25, 0.3) is 0 Å².